The monoisotopic (exact) mass is 268 g/mol. The second kappa shape index (κ2) is 7.39. The summed E-state index contributed by atoms with van der Waals surface area (Å²) in [5, 5.41) is 3.64. The van der Waals surface area contributed by atoms with E-state index in [9.17, 15) is 4.79 Å². The van der Waals surface area contributed by atoms with E-state index in [4.69, 9.17) is 17.3 Å². The predicted octanol–water partition coefficient (Wildman–Crippen LogP) is 2.89. The molecule has 3 nitrogen and oxygen atoms in total. The standard InChI is InChI=1S/C14H21ClN2O/c1-3-6-11(9-16)14(18)17-10(2)12-7-4-5-8-13(12)15/h4-5,7-8,10-11H,3,6,9,16H2,1-2H3,(H,17,18)/t10-,11?/m1/s1. The van der Waals surface area contributed by atoms with Crippen molar-refractivity contribution in [3.05, 3.63) is 34.9 Å². The fourth-order valence-corrected chi connectivity index (χ4v) is 2.24. The molecule has 0 spiro atoms. The number of nitrogens with two attached hydrogens (primary N) is 1. The van der Waals surface area contributed by atoms with Crippen LogP contribution in [-0.2, 0) is 4.79 Å². The van der Waals surface area contributed by atoms with Crippen LogP contribution < -0.4 is 11.1 Å². The Bertz CT molecular complexity index is 395. The van der Waals surface area contributed by atoms with Crippen LogP contribution in [0, 0.1) is 5.92 Å². The van der Waals surface area contributed by atoms with Crippen molar-refractivity contribution < 1.29 is 4.79 Å². The van der Waals surface area contributed by atoms with Gasteiger partial charge in [0.15, 0.2) is 0 Å². The zero-order chi connectivity index (χ0) is 13.5. The van der Waals surface area contributed by atoms with Gasteiger partial charge < -0.3 is 11.1 Å². The predicted molar refractivity (Wildman–Crippen MR) is 75.5 cm³/mol. The maximum atomic E-state index is 12.0. The molecule has 0 heterocycles. The number of rotatable bonds is 6. The van der Waals surface area contributed by atoms with Crippen LogP contribution in [0.2, 0.25) is 5.02 Å². The molecular weight excluding hydrogens is 248 g/mol. The quantitative estimate of drug-likeness (QED) is 0.834. The lowest BCUT2D eigenvalue weighted by Gasteiger charge is -2.19. The molecule has 0 aliphatic heterocycles. The van der Waals surface area contributed by atoms with Crippen LogP contribution in [-0.4, -0.2) is 12.5 Å². The number of carbonyl (C=O) groups excluding carboxylic acids is 1. The van der Waals surface area contributed by atoms with Gasteiger partial charge in [-0.1, -0.05) is 43.1 Å². The summed E-state index contributed by atoms with van der Waals surface area (Å²) >= 11 is 6.10. The molecule has 3 N–H and O–H groups in total. The lowest BCUT2D eigenvalue weighted by Crippen LogP contribution is -2.36. The first-order valence-electron chi connectivity index (χ1n) is 6.35. The van der Waals surface area contributed by atoms with Crippen LogP contribution in [0.15, 0.2) is 24.3 Å². The van der Waals surface area contributed by atoms with Gasteiger partial charge in [-0.25, -0.2) is 0 Å². The first-order chi connectivity index (χ1) is 8.60. The van der Waals surface area contributed by atoms with Crippen LogP contribution in [0.25, 0.3) is 0 Å². The average molecular weight is 269 g/mol. The molecule has 100 valence electrons. The number of hydrogen-bond acceptors (Lipinski definition) is 2. The minimum Gasteiger partial charge on any atom is -0.349 e. The van der Waals surface area contributed by atoms with Gasteiger partial charge in [-0.2, -0.15) is 0 Å². The Morgan fingerprint density at radius 1 is 1.44 bits per heavy atom. The van der Waals surface area contributed by atoms with E-state index in [-0.39, 0.29) is 17.9 Å². The highest BCUT2D eigenvalue weighted by molar-refractivity contribution is 6.31. The molecule has 1 aromatic carbocycles. The Morgan fingerprint density at radius 3 is 2.67 bits per heavy atom. The van der Waals surface area contributed by atoms with Gasteiger partial charge in [-0.3, -0.25) is 4.79 Å². The third-order valence-corrected chi connectivity index (χ3v) is 3.37. The molecule has 0 aliphatic rings. The van der Waals surface area contributed by atoms with Crippen LogP contribution in [0.5, 0.6) is 0 Å². The molecule has 0 saturated carbocycles. The summed E-state index contributed by atoms with van der Waals surface area (Å²) in [6.07, 6.45) is 1.77. The summed E-state index contributed by atoms with van der Waals surface area (Å²) in [6.45, 7) is 4.36. The van der Waals surface area contributed by atoms with Gasteiger partial charge in [0.2, 0.25) is 5.91 Å². The molecule has 1 amide bonds. The minimum absolute atomic E-state index is 0.00627. The maximum Gasteiger partial charge on any atom is 0.224 e. The Kier molecular flexibility index (Phi) is 6.16. The van der Waals surface area contributed by atoms with Gasteiger partial charge in [0.05, 0.1) is 12.0 Å². The number of benzene rings is 1. The van der Waals surface area contributed by atoms with E-state index >= 15 is 0 Å². The molecule has 18 heavy (non-hydrogen) atoms. The molecule has 0 aliphatic carbocycles. The molecular formula is C14H21ClN2O. The van der Waals surface area contributed by atoms with Crippen LogP contribution in [0.4, 0.5) is 0 Å². The lowest BCUT2D eigenvalue weighted by molar-refractivity contribution is -0.125. The van der Waals surface area contributed by atoms with Gasteiger partial charge in [0.25, 0.3) is 0 Å². The van der Waals surface area contributed by atoms with Crippen LogP contribution in [0.3, 0.4) is 0 Å². The summed E-state index contributed by atoms with van der Waals surface area (Å²) in [5.74, 6) is -0.105. The van der Waals surface area contributed by atoms with E-state index in [0.717, 1.165) is 18.4 Å². The summed E-state index contributed by atoms with van der Waals surface area (Å²) in [4.78, 5) is 12.0. The summed E-state index contributed by atoms with van der Waals surface area (Å²) in [6, 6.07) is 7.43. The smallest absolute Gasteiger partial charge is 0.224 e. The molecule has 1 rings (SSSR count). The first-order valence-corrected chi connectivity index (χ1v) is 6.72. The average Bonchev–Trinajstić information content (AvgIpc) is 2.36. The van der Waals surface area contributed by atoms with E-state index in [1.165, 1.54) is 0 Å². The van der Waals surface area contributed by atoms with Crippen molar-refractivity contribution in [2.45, 2.75) is 32.7 Å². The normalized spacial score (nSPS) is 14.0. The first kappa shape index (κ1) is 15.0. The van der Waals surface area contributed by atoms with Crippen molar-refractivity contribution in [2.24, 2.45) is 11.7 Å². The number of nitrogens with one attached hydrogen (secondary N) is 1. The molecule has 0 fully saturated rings. The van der Waals surface area contributed by atoms with Crippen molar-refractivity contribution >= 4 is 17.5 Å². The second-order valence-electron chi connectivity index (χ2n) is 4.47. The Morgan fingerprint density at radius 2 is 2.11 bits per heavy atom. The number of hydrogen-bond donors (Lipinski definition) is 2. The van der Waals surface area contributed by atoms with Gasteiger partial charge in [0.1, 0.15) is 0 Å². The molecule has 2 atom stereocenters. The van der Waals surface area contributed by atoms with Gasteiger partial charge in [-0.05, 0) is 25.0 Å². The van der Waals surface area contributed by atoms with Gasteiger partial charge in [0, 0.05) is 11.6 Å². The van der Waals surface area contributed by atoms with E-state index in [0.29, 0.717) is 11.6 Å². The molecule has 0 radical (unpaired) electrons. The molecule has 0 saturated heterocycles. The summed E-state index contributed by atoms with van der Waals surface area (Å²) < 4.78 is 0. The lowest BCUT2D eigenvalue weighted by atomic mass is 10.0. The van der Waals surface area contributed by atoms with E-state index in [1.807, 2.05) is 38.1 Å². The number of halogens is 1. The zero-order valence-electron chi connectivity index (χ0n) is 10.9. The van der Waals surface area contributed by atoms with Gasteiger partial charge >= 0.3 is 0 Å². The highest BCUT2D eigenvalue weighted by atomic mass is 35.5. The Labute approximate surface area is 114 Å². The summed E-state index contributed by atoms with van der Waals surface area (Å²) in [5.41, 5.74) is 6.55. The fourth-order valence-electron chi connectivity index (χ4n) is 1.94. The molecule has 1 unspecified atom stereocenters. The molecule has 0 bridgehead atoms. The van der Waals surface area contributed by atoms with Gasteiger partial charge in [-0.15, -0.1) is 0 Å². The van der Waals surface area contributed by atoms with Crippen molar-refractivity contribution in [1.82, 2.24) is 5.32 Å². The SMILES string of the molecule is CCCC(CN)C(=O)N[C@H](C)c1ccccc1Cl. The minimum atomic E-state index is -0.111. The van der Waals surface area contributed by atoms with Crippen molar-refractivity contribution in [3.8, 4) is 0 Å². The third kappa shape index (κ3) is 4.00. The van der Waals surface area contributed by atoms with Crippen LogP contribution >= 0.6 is 11.6 Å². The summed E-state index contributed by atoms with van der Waals surface area (Å²) in [7, 11) is 0. The maximum absolute atomic E-state index is 12.0. The van der Waals surface area contributed by atoms with Crippen LogP contribution in [0.1, 0.15) is 38.3 Å². The Hall–Kier alpha value is -1.06. The fraction of sp³-hybridized carbons (Fsp3) is 0.500. The van der Waals surface area contributed by atoms with E-state index in [2.05, 4.69) is 5.32 Å². The number of amides is 1. The highest BCUT2D eigenvalue weighted by Crippen LogP contribution is 2.22. The van der Waals surface area contributed by atoms with Crippen molar-refractivity contribution in [3.63, 3.8) is 0 Å². The molecule has 0 aromatic heterocycles. The van der Waals surface area contributed by atoms with E-state index < -0.39 is 0 Å². The largest absolute Gasteiger partial charge is 0.349 e. The molecule has 1 aromatic rings. The zero-order valence-corrected chi connectivity index (χ0v) is 11.7. The number of carbonyl (C=O) groups is 1. The topological polar surface area (TPSA) is 55.1 Å². The third-order valence-electron chi connectivity index (χ3n) is 3.02. The Balaban J connectivity index is 2.67. The van der Waals surface area contributed by atoms with E-state index in [1.54, 1.807) is 0 Å². The van der Waals surface area contributed by atoms with Crippen molar-refractivity contribution in [2.75, 3.05) is 6.54 Å². The second-order valence-corrected chi connectivity index (χ2v) is 4.88. The van der Waals surface area contributed by atoms with Crippen molar-refractivity contribution in [1.29, 1.82) is 0 Å². The molecule has 4 heteroatoms. The highest BCUT2D eigenvalue weighted by Gasteiger charge is 2.19.